The Morgan fingerprint density at radius 3 is 2.66 bits per heavy atom. The molecular formula is C21H27N5O3. The summed E-state index contributed by atoms with van der Waals surface area (Å²) in [6.07, 6.45) is 2.34. The Labute approximate surface area is 170 Å². The van der Waals surface area contributed by atoms with Gasteiger partial charge in [-0.3, -0.25) is 9.59 Å². The summed E-state index contributed by atoms with van der Waals surface area (Å²) >= 11 is 0. The molecule has 29 heavy (non-hydrogen) atoms. The highest BCUT2D eigenvalue weighted by molar-refractivity contribution is 6.04. The molecule has 154 valence electrons. The van der Waals surface area contributed by atoms with Crippen LogP contribution in [0.2, 0.25) is 0 Å². The van der Waals surface area contributed by atoms with Crippen LogP contribution < -0.4 is 19.9 Å². The largest absolute Gasteiger partial charge is 0.495 e. The second kappa shape index (κ2) is 8.06. The predicted octanol–water partition coefficient (Wildman–Crippen LogP) is 3.40. The molecule has 0 saturated heterocycles. The van der Waals surface area contributed by atoms with Gasteiger partial charge >= 0.3 is 0 Å². The first-order chi connectivity index (χ1) is 13.8. The number of ketones is 1. The number of likely N-dealkylation sites (N-methyl/N-ethyl adjacent to an activating group) is 1. The predicted molar refractivity (Wildman–Crippen MR) is 113 cm³/mol. The molecule has 1 unspecified atom stereocenters. The van der Waals surface area contributed by atoms with E-state index in [4.69, 9.17) is 9.72 Å². The number of nitrogens with zero attached hydrogens (tertiary/aromatic N) is 4. The SMILES string of the molecule is CCC1C(=O)N(C)c2cnc(Nc3ccc(C(C)=O)cc3OC)nc2N1C(C)C. The molecule has 2 heterocycles. The van der Waals surface area contributed by atoms with Crippen LogP contribution in [0.5, 0.6) is 5.75 Å². The number of anilines is 4. The zero-order chi connectivity index (χ0) is 21.3. The Kier molecular flexibility index (Phi) is 5.72. The summed E-state index contributed by atoms with van der Waals surface area (Å²) < 4.78 is 5.41. The number of hydrogen-bond donors (Lipinski definition) is 1. The number of carbonyl (C=O) groups is 2. The van der Waals surface area contributed by atoms with Crippen molar-refractivity contribution in [2.45, 2.75) is 46.2 Å². The first kappa shape index (κ1) is 20.6. The number of rotatable bonds is 6. The molecule has 8 heteroatoms. The molecule has 0 fully saturated rings. The van der Waals surface area contributed by atoms with Crippen LogP contribution >= 0.6 is 0 Å². The van der Waals surface area contributed by atoms with Crippen molar-refractivity contribution in [2.75, 3.05) is 29.3 Å². The quantitative estimate of drug-likeness (QED) is 0.748. The first-order valence-electron chi connectivity index (χ1n) is 9.67. The topological polar surface area (TPSA) is 87.7 Å². The third-order valence-electron chi connectivity index (χ3n) is 5.10. The molecule has 1 N–H and O–H groups in total. The maximum atomic E-state index is 12.7. The number of Topliss-reactive ketones (excluding diaryl/α,β-unsaturated/α-hetero) is 1. The van der Waals surface area contributed by atoms with Crippen molar-refractivity contribution in [1.82, 2.24) is 9.97 Å². The molecule has 0 radical (unpaired) electrons. The third kappa shape index (κ3) is 3.74. The first-order valence-corrected chi connectivity index (χ1v) is 9.67. The summed E-state index contributed by atoms with van der Waals surface area (Å²) in [5, 5.41) is 3.17. The Hall–Kier alpha value is -3.16. The van der Waals surface area contributed by atoms with Crippen molar-refractivity contribution in [1.29, 1.82) is 0 Å². The fourth-order valence-electron chi connectivity index (χ4n) is 3.57. The van der Waals surface area contributed by atoms with Gasteiger partial charge in [0.1, 0.15) is 17.5 Å². The summed E-state index contributed by atoms with van der Waals surface area (Å²) in [7, 11) is 3.30. The van der Waals surface area contributed by atoms with E-state index in [1.807, 2.05) is 25.7 Å². The van der Waals surface area contributed by atoms with Gasteiger partial charge in [0.05, 0.1) is 19.0 Å². The van der Waals surface area contributed by atoms with Crippen molar-refractivity contribution < 1.29 is 14.3 Å². The van der Waals surface area contributed by atoms with Gasteiger partial charge in [0, 0.05) is 18.7 Å². The van der Waals surface area contributed by atoms with Gasteiger partial charge in [-0.05, 0) is 45.4 Å². The second-order valence-electron chi connectivity index (χ2n) is 7.32. The van der Waals surface area contributed by atoms with Crippen LogP contribution in [-0.2, 0) is 4.79 Å². The van der Waals surface area contributed by atoms with Gasteiger partial charge in [0.2, 0.25) is 11.9 Å². The van der Waals surface area contributed by atoms with Gasteiger partial charge in [-0.15, -0.1) is 0 Å². The number of fused-ring (bicyclic) bond motifs is 1. The van der Waals surface area contributed by atoms with Crippen LogP contribution in [0.25, 0.3) is 0 Å². The van der Waals surface area contributed by atoms with E-state index in [0.717, 1.165) is 0 Å². The summed E-state index contributed by atoms with van der Waals surface area (Å²) in [4.78, 5) is 37.1. The minimum absolute atomic E-state index is 0.0363. The lowest BCUT2D eigenvalue weighted by Crippen LogP contribution is -2.54. The lowest BCUT2D eigenvalue weighted by atomic mass is 10.1. The van der Waals surface area contributed by atoms with Crippen molar-refractivity contribution >= 4 is 34.8 Å². The monoisotopic (exact) mass is 397 g/mol. The van der Waals surface area contributed by atoms with E-state index in [9.17, 15) is 9.59 Å². The van der Waals surface area contributed by atoms with Crippen molar-refractivity contribution in [3.8, 4) is 5.75 Å². The minimum Gasteiger partial charge on any atom is -0.495 e. The zero-order valence-electron chi connectivity index (χ0n) is 17.7. The Morgan fingerprint density at radius 2 is 2.07 bits per heavy atom. The average molecular weight is 397 g/mol. The van der Waals surface area contributed by atoms with E-state index in [1.165, 1.54) is 6.92 Å². The maximum Gasteiger partial charge on any atom is 0.249 e. The van der Waals surface area contributed by atoms with E-state index in [0.29, 0.717) is 40.9 Å². The van der Waals surface area contributed by atoms with Gasteiger partial charge in [-0.25, -0.2) is 4.98 Å². The molecule has 1 atom stereocenters. The molecule has 3 rings (SSSR count). The normalized spacial score (nSPS) is 16.1. The molecule has 0 saturated carbocycles. The van der Waals surface area contributed by atoms with E-state index < -0.39 is 0 Å². The molecule has 1 amide bonds. The molecule has 1 aliphatic heterocycles. The smallest absolute Gasteiger partial charge is 0.249 e. The average Bonchev–Trinajstić information content (AvgIpc) is 2.70. The highest BCUT2D eigenvalue weighted by atomic mass is 16.5. The number of hydrogen-bond acceptors (Lipinski definition) is 7. The lowest BCUT2D eigenvalue weighted by Gasteiger charge is -2.42. The summed E-state index contributed by atoms with van der Waals surface area (Å²) in [5.74, 6) is 1.63. The number of amides is 1. The zero-order valence-corrected chi connectivity index (χ0v) is 17.7. The van der Waals surface area contributed by atoms with Gasteiger partial charge in [0.25, 0.3) is 0 Å². The highest BCUT2D eigenvalue weighted by Gasteiger charge is 2.38. The molecule has 1 aliphatic rings. The van der Waals surface area contributed by atoms with Crippen LogP contribution in [0.4, 0.5) is 23.1 Å². The molecular weight excluding hydrogens is 370 g/mol. The van der Waals surface area contributed by atoms with Crippen LogP contribution in [0, 0.1) is 0 Å². The molecule has 0 spiro atoms. The fourth-order valence-corrected chi connectivity index (χ4v) is 3.57. The maximum absolute atomic E-state index is 12.7. The summed E-state index contributed by atoms with van der Waals surface area (Å²) in [6, 6.07) is 5.01. The van der Waals surface area contributed by atoms with Gasteiger partial charge in [-0.1, -0.05) is 6.92 Å². The van der Waals surface area contributed by atoms with E-state index in [2.05, 4.69) is 10.3 Å². The number of ether oxygens (including phenoxy) is 1. The van der Waals surface area contributed by atoms with Gasteiger partial charge < -0.3 is 19.9 Å². The van der Waals surface area contributed by atoms with Crippen LogP contribution in [0.15, 0.2) is 24.4 Å². The van der Waals surface area contributed by atoms with Crippen molar-refractivity contribution in [3.63, 3.8) is 0 Å². The molecule has 2 aromatic rings. The molecule has 0 aliphatic carbocycles. The van der Waals surface area contributed by atoms with Gasteiger partial charge in [-0.2, -0.15) is 4.98 Å². The number of nitrogens with one attached hydrogen (secondary N) is 1. The van der Waals surface area contributed by atoms with Crippen LogP contribution in [-0.4, -0.2) is 47.9 Å². The summed E-state index contributed by atoms with van der Waals surface area (Å²) in [5.41, 5.74) is 1.90. The number of carbonyl (C=O) groups excluding carboxylic acids is 2. The van der Waals surface area contributed by atoms with Crippen LogP contribution in [0.3, 0.4) is 0 Å². The second-order valence-corrected chi connectivity index (χ2v) is 7.32. The Bertz CT molecular complexity index is 944. The highest BCUT2D eigenvalue weighted by Crippen LogP contribution is 2.37. The van der Waals surface area contributed by atoms with Crippen molar-refractivity contribution in [3.05, 3.63) is 30.0 Å². The van der Waals surface area contributed by atoms with E-state index in [1.54, 1.807) is 43.5 Å². The van der Waals surface area contributed by atoms with Crippen LogP contribution in [0.1, 0.15) is 44.5 Å². The number of aromatic nitrogens is 2. The minimum atomic E-state index is -0.264. The van der Waals surface area contributed by atoms with Gasteiger partial charge in [0.15, 0.2) is 11.6 Å². The summed E-state index contributed by atoms with van der Waals surface area (Å²) in [6.45, 7) is 7.60. The molecule has 8 nitrogen and oxygen atoms in total. The number of methoxy groups -OCH3 is 1. The fraction of sp³-hybridized carbons (Fsp3) is 0.429. The Morgan fingerprint density at radius 1 is 1.34 bits per heavy atom. The van der Waals surface area contributed by atoms with Crippen molar-refractivity contribution in [2.24, 2.45) is 0 Å². The molecule has 1 aromatic heterocycles. The third-order valence-corrected chi connectivity index (χ3v) is 5.10. The number of benzene rings is 1. The Balaban J connectivity index is 2.01. The standard InChI is InChI=1S/C21H27N5O3/c1-7-16-20(28)25(5)17-11-22-21(24-19(17)26(16)12(2)3)23-15-9-8-14(13(4)27)10-18(15)29-6/h8-12,16H,7H2,1-6H3,(H,22,23,24). The van der Waals surface area contributed by atoms with E-state index >= 15 is 0 Å². The molecule has 1 aromatic carbocycles. The molecule has 0 bridgehead atoms. The van der Waals surface area contributed by atoms with E-state index in [-0.39, 0.29) is 23.8 Å². The lowest BCUT2D eigenvalue weighted by molar-refractivity contribution is -0.120.